The first-order valence-electron chi connectivity index (χ1n) is 16.7. The summed E-state index contributed by atoms with van der Waals surface area (Å²) in [4.78, 5) is 76.7. The van der Waals surface area contributed by atoms with Gasteiger partial charge in [-0.25, -0.2) is 24.4 Å². The van der Waals surface area contributed by atoms with E-state index in [9.17, 15) is 33.6 Å². The van der Waals surface area contributed by atoms with Crippen LogP contribution in [-0.2, 0) is 42.1 Å². The van der Waals surface area contributed by atoms with Crippen LogP contribution in [0.5, 0.6) is 0 Å². The van der Waals surface area contributed by atoms with Gasteiger partial charge in [-0.15, -0.1) is 0 Å². The summed E-state index contributed by atoms with van der Waals surface area (Å²) in [6, 6.07) is 8.75. The lowest BCUT2D eigenvalue weighted by Gasteiger charge is -2.35. The van der Waals surface area contributed by atoms with E-state index in [1.807, 2.05) is 11.0 Å². The van der Waals surface area contributed by atoms with Gasteiger partial charge in [0.25, 0.3) is 5.91 Å². The van der Waals surface area contributed by atoms with Crippen LogP contribution in [0.2, 0.25) is 0 Å². The van der Waals surface area contributed by atoms with E-state index in [0.717, 1.165) is 11.3 Å². The van der Waals surface area contributed by atoms with Gasteiger partial charge in [0.2, 0.25) is 19.5 Å². The number of carboxylic acid groups (broad SMARTS) is 1. The number of carbonyl (C=O) groups excluding carboxylic acids is 4. The zero-order valence-electron chi connectivity index (χ0n) is 29.5. The molecule has 1 aromatic heterocycles. The topological polar surface area (TPSA) is 235 Å². The molecule has 2 N–H and O–H groups in total. The molecule has 0 unspecified atom stereocenters. The summed E-state index contributed by atoms with van der Waals surface area (Å²) in [7, 11) is -2.98. The molecule has 0 saturated carbocycles. The summed E-state index contributed by atoms with van der Waals surface area (Å²) < 4.78 is 49.1. The summed E-state index contributed by atoms with van der Waals surface area (Å²) in [5.41, 5.74) is 0.487. The van der Waals surface area contributed by atoms with Crippen LogP contribution in [0.3, 0.4) is 0 Å². The van der Waals surface area contributed by atoms with Gasteiger partial charge < -0.3 is 48.8 Å². The lowest BCUT2D eigenvalue weighted by atomic mass is 10.2. The fourth-order valence-electron chi connectivity index (χ4n) is 5.31. The number of nitrogens with zero attached hydrogens (tertiary/aromatic N) is 5. The smallest absolute Gasteiger partial charge is 0.465 e. The Morgan fingerprint density at radius 1 is 0.887 bits per heavy atom. The molecule has 2 aromatic rings. The minimum Gasteiger partial charge on any atom is -0.465 e. The first-order chi connectivity index (χ1) is 25.4. The van der Waals surface area contributed by atoms with Crippen LogP contribution in [0.1, 0.15) is 30.8 Å². The van der Waals surface area contributed by atoms with Crippen molar-refractivity contribution < 1.29 is 66.4 Å². The maximum atomic E-state index is 14.1. The third-order valence-corrected chi connectivity index (χ3v) is 9.84. The van der Waals surface area contributed by atoms with Gasteiger partial charge in [-0.1, -0.05) is 30.3 Å². The van der Waals surface area contributed by atoms with Gasteiger partial charge in [-0.2, -0.15) is 0 Å². The quantitative estimate of drug-likeness (QED) is 0.142. The van der Waals surface area contributed by atoms with Crippen LogP contribution in [0, 0.1) is 0 Å². The van der Waals surface area contributed by atoms with Gasteiger partial charge in [0, 0.05) is 58.0 Å². The molecule has 20 nitrogen and oxygen atoms in total. The molecule has 3 heterocycles. The number of carbonyl (C=O) groups is 5. The maximum Gasteiger partial charge on any atom is 0.510 e. The number of nitrogens with one attached hydrogen (secondary N) is 1. The maximum absolute atomic E-state index is 14.1. The number of hydrogen-bond acceptors (Lipinski definition) is 16. The van der Waals surface area contributed by atoms with E-state index in [0.29, 0.717) is 24.5 Å². The van der Waals surface area contributed by atoms with Gasteiger partial charge >= 0.3 is 26.0 Å². The Bertz CT molecular complexity index is 1600. The minimum absolute atomic E-state index is 0.0266. The molecule has 0 bridgehead atoms. The van der Waals surface area contributed by atoms with Crippen molar-refractivity contribution in [1.82, 2.24) is 25.1 Å². The molecule has 0 aliphatic carbocycles. The van der Waals surface area contributed by atoms with Crippen LogP contribution in [0.25, 0.3) is 11.4 Å². The van der Waals surface area contributed by atoms with E-state index >= 15 is 0 Å². The Kier molecular flexibility index (Phi) is 15.1. The number of piperazine rings is 1. The Labute approximate surface area is 305 Å². The first-order valence-corrected chi connectivity index (χ1v) is 18.4. The zero-order chi connectivity index (χ0) is 38.4. The van der Waals surface area contributed by atoms with E-state index in [-0.39, 0.29) is 57.0 Å². The minimum atomic E-state index is -4.59. The normalized spacial score (nSPS) is 16.4. The van der Waals surface area contributed by atoms with Gasteiger partial charge in [-0.3, -0.25) is 23.2 Å². The molecule has 2 atom stereocenters. The van der Waals surface area contributed by atoms with Crippen molar-refractivity contribution in [3.63, 3.8) is 0 Å². The van der Waals surface area contributed by atoms with Crippen LogP contribution >= 0.6 is 7.60 Å². The molecular weight excluding hydrogens is 723 g/mol. The number of aromatic nitrogens is 2. The summed E-state index contributed by atoms with van der Waals surface area (Å²) in [5.74, 6) is -0.950. The molecule has 2 aliphatic rings. The van der Waals surface area contributed by atoms with Crippen molar-refractivity contribution in [1.29, 1.82) is 0 Å². The third-order valence-electron chi connectivity index (χ3n) is 8.03. The SMILES string of the molecule is CCOC(=O)OCOP(=O)(C[C@@H](NC(=O)c1cc(N2CC[C@H](OC)C2)nc(-c2ccccc2)n1)C(=O)N1CCN(C(=O)O)CC1)OCOC(=O)OCC. The number of methoxy groups -OCH3 is 1. The second kappa shape index (κ2) is 19.7. The lowest BCUT2D eigenvalue weighted by molar-refractivity contribution is -0.134. The fourth-order valence-corrected chi connectivity index (χ4v) is 6.72. The van der Waals surface area contributed by atoms with E-state index in [1.165, 1.54) is 24.8 Å². The van der Waals surface area contributed by atoms with Crippen molar-refractivity contribution in [3.05, 3.63) is 42.1 Å². The molecule has 2 fully saturated rings. The summed E-state index contributed by atoms with van der Waals surface area (Å²) >= 11 is 0. The van der Waals surface area contributed by atoms with Gasteiger partial charge in [0.1, 0.15) is 17.6 Å². The highest BCUT2D eigenvalue weighted by atomic mass is 31.2. The van der Waals surface area contributed by atoms with Crippen molar-refractivity contribution in [3.8, 4) is 11.4 Å². The molecule has 2 aliphatic heterocycles. The third kappa shape index (κ3) is 12.0. The summed E-state index contributed by atoms with van der Waals surface area (Å²) in [5, 5.41) is 12.0. The van der Waals surface area contributed by atoms with E-state index < -0.39 is 63.6 Å². The highest BCUT2D eigenvalue weighted by Gasteiger charge is 2.39. The van der Waals surface area contributed by atoms with Crippen LogP contribution < -0.4 is 10.2 Å². The van der Waals surface area contributed by atoms with Crippen LogP contribution in [-0.4, -0.2) is 147 Å². The lowest BCUT2D eigenvalue weighted by Crippen LogP contribution is -2.56. The fraction of sp³-hybridized carbons (Fsp3) is 0.531. The molecule has 21 heteroatoms. The molecule has 53 heavy (non-hydrogen) atoms. The van der Waals surface area contributed by atoms with Gasteiger partial charge in [0.15, 0.2) is 5.82 Å². The molecule has 2 saturated heterocycles. The van der Waals surface area contributed by atoms with Crippen molar-refractivity contribution in [2.75, 3.05) is 84.2 Å². The highest BCUT2D eigenvalue weighted by Crippen LogP contribution is 2.49. The van der Waals surface area contributed by atoms with E-state index in [1.54, 1.807) is 31.4 Å². The summed E-state index contributed by atoms with van der Waals surface area (Å²) in [6.07, 6.45) is -3.64. The van der Waals surface area contributed by atoms with Crippen molar-refractivity contribution in [2.24, 2.45) is 0 Å². The number of hydrogen-bond donors (Lipinski definition) is 2. The van der Waals surface area contributed by atoms with E-state index in [2.05, 4.69) is 19.8 Å². The summed E-state index contributed by atoms with van der Waals surface area (Å²) in [6.45, 7) is 2.03. The standard InChI is InChI=1S/C32H43N6O14P/c1-4-47-31(43)49-20-51-53(45,52-21-50-32(44)48-5-2)19-25(29(40)36-13-15-37(16-14-36)30(41)42)34-28(39)24-17-26(38-12-11-23(18-38)46-3)35-27(33-24)22-9-7-6-8-10-22/h6-10,17,23,25H,4-5,11-16,18-21H2,1-3H3,(H,34,39)(H,41,42)/t23-,25+/m0/s1. The van der Waals surface area contributed by atoms with Gasteiger partial charge in [-0.05, 0) is 20.3 Å². The first kappa shape index (κ1) is 40.7. The molecule has 0 radical (unpaired) electrons. The largest absolute Gasteiger partial charge is 0.510 e. The Balaban J connectivity index is 1.65. The molecular formula is C32H43N6O14P. The predicted molar refractivity (Wildman–Crippen MR) is 183 cm³/mol. The van der Waals surface area contributed by atoms with Crippen molar-refractivity contribution in [2.45, 2.75) is 32.4 Å². The zero-order valence-corrected chi connectivity index (χ0v) is 30.4. The molecule has 290 valence electrons. The molecule has 0 spiro atoms. The van der Waals surface area contributed by atoms with Crippen LogP contribution in [0.15, 0.2) is 36.4 Å². The average Bonchev–Trinajstić information content (AvgIpc) is 3.64. The number of ether oxygens (including phenoxy) is 5. The molecule has 3 amide bonds. The second-order valence-electron chi connectivity index (χ2n) is 11.5. The Morgan fingerprint density at radius 2 is 1.49 bits per heavy atom. The number of benzene rings is 1. The second-order valence-corrected chi connectivity index (χ2v) is 13.6. The predicted octanol–water partition coefficient (Wildman–Crippen LogP) is 2.78. The number of amides is 3. The molecule has 4 rings (SSSR count). The average molecular weight is 767 g/mol. The number of anilines is 1. The monoisotopic (exact) mass is 766 g/mol. The Hall–Kier alpha value is -5.04. The highest BCUT2D eigenvalue weighted by molar-refractivity contribution is 7.54. The number of rotatable bonds is 16. The van der Waals surface area contributed by atoms with Gasteiger partial charge in [0.05, 0.1) is 25.5 Å². The van der Waals surface area contributed by atoms with Crippen LogP contribution in [0.4, 0.5) is 20.2 Å². The molecule has 1 aromatic carbocycles. The van der Waals surface area contributed by atoms with Crippen molar-refractivity contribution >= 4 is 43.6 Å². The van der Waals surface area contributed by atoms with E-state index in [4.69, 9.17) is 28.2 Å². The Morgan fingerprint density at radius 3 is 2.04 bits per heavy atom.